The molecule has 0 saturated heterocycles. The van der Waals surface area contributed by atoms with Crippen molar-refractivity contribution in [2.24, 2.45) is 0 Å². The van der Waals surface area contributed by atoms with Crippen LogP contribution in [0.25, 0.3) is 11.5 Å². The lowest BCUT2D eigenvalue weighted by Crippen LogP contribution is -2.38. The van der Waals surface area contributed by atoms with E-state index < -0.39 is 11.5 Å². The lowest BCUT2D eigenvalue weighted by Gasteiger charge is -2.22. The number of hydrogen-bond acceptors (Lipinski definition) is 6. The molecule has 2 N–H and O–H groups in total. The second-order valence-corrected chi connectivity index (χ2v) is 5.80. The highest BCUT2D eigenvalue weighted by molar-refractivity contribution is 7.08. The molecule has 0 aliphatic rings. The van der Waals surface area contributed by atoms with Gasteiger partial charge in [-0.1, -0.05) is 5.16 Å². The summed E-state index contributed by atoms with van der Waals surface area (Å²) < 4.78 is 10.2. The molecule has 0 fully saturated rings. The molecule has 114 valence electrons. The molecule has 0 saturated carbocycles. The van der Waals surface area contributed by atoms with E-state index in [1.54, 1.807) is 19.1 Å². The van der Waals surface area contributed by atoms with E-state index in [-0.39, 0.29) is 12.2 Å². The molecule has 22 heavy (non-hydrogen) atoms. The van der Waals surface area contributed by atoms with Crippen molar-refractivity contribution in [1.29, 1.82) is 0 Å². The molecule has 3 rings (SSSR count). The first-order chi connectivity index (χ1) is 10.6. The fraction of sp³-hybridized carbons (Fsp3) is 0.200. The van der Waals surface area contributed by atoms with Crippen molar-refractivity contribution in [2.75, 3.05) is 6.54 Å². The number of carbonyl (C=O) groups excluding carboxylic acids is 1. The fourth-order valence-corrected chi connectivity index (χ4v) is 2.72. The van der Waals surface area contributed by atoms with Crippen LogP contribution in [0.4, 0.5) is 0 Å². The number of nitrogens with one attached hydrogen (secondary N) is 1. The van der Waals surface area contributed by atoms with Crippen LogP contribution < -0.4 is 5.32 Å². The van der Waals surface area contributed by atoms with E-state index in [1.165, 1.54) is 23.7 Å². The molecule has 7 heteroatoms. The summed E-state index contributed by atoms with van der Waals surface area (Å²) in [6, 6.07) is 6.74. The molecule has 0 aromatic carbocycles. The molecule has 0 bridgehead atoms. The summed E-state index contributed by atoms with van der Waals surface area (Å²) >= 11 is 1.49. The first-order valence-electron chi connectivity index (χ1n) is 6.60. The van der Waals surface area contributed by atoms with Gasteiger partial charge in [0, 0.05) is 6.07 Å². The molecule has 3 heterocycles. The molecule has 6 nitrogen and oxygen atoms in total. The Labute approximate surface area is 130 Å². The summed E-state index contributed by atoms with van der Waals surface area (Å²) in [5.41, 5.74) is -0.245. The van der Waals surface area contributed by atoms with E-state index in [2.05, 4.69) is 10.5 Å². The summed E-state index contributed by atoms with van der Waals surface area (Å²) in [6.45, 7) is 1.72. The average molecular weight is 318 g/mol. The second kappa shape index (κ2) is 5.78. The predicted octanol–water partition coefficient (Wildman–Crippen LogP) is 2.63. The number of carbonyl (C=O) groups is 1. The molecule has 3 aromatic heterocycles. The zero-order chi connectivity index (χ0) is 15.6. The summed E-state index contributed by atoms with van der Waals surface area (Å²) in [6.07, 6.45) is 1.51. The van der Waals surface area contributed by atoms with Crippen LogP contribution in [0.5, 0.6) is 0 Å². The van der Waals surface area contributed by atoms with Gasteiger partial charge in [-0.15, -0.1) is 0 Å². The van der Waals surface area contributed by atoms with Crippen molar-refractivity contribution < 1.29 is 18.8 Å². The first kappa shape index (κ1) is 14.6. The van der Waals surface area contributed by atoms with Gasteiger partial charge in [-0.3, -0.25) is 4.79 Å². The van der Waals surface area contributed by atoms with E-state index in [0.717, 1.165) is 5.56 Å². The Morgan fingerprint density at radius 2 is 2.32 bits per heavy atom. The Morgan fingerprint density at radius 1 is 1.45 bits per heavy atom. The van der Waals surface area contributed by atoms with Gasteiger partial charge >= 0.3 is 0 Å². The molecular weight excluding hydrogens is 304 g/mol. The minimum atomic E-state index is -1.14. The van der Waals surface area contributed by atoms with Crippen LogP contribution >= 0.6 is 11.3 Å². The van der Waals surface area contributed by atoms with Gasteiger partial charge in [-0.05, 0) is 41.4 Å². The van der Waals surface area contributed by atoms with Gasteiger partial charge < -0.3 is 19.4 Å². The molecule has 0 unspecified atom stereocenters. The van der Waals surface area contributed by atoms with Crippen molar-refractivity contribution >= 4 is 17.2 Å². The van der Waals surface area contributed by atoms with E-state index in [0.29, 0.717) is 11.5 Å². The third-order valence-electron chi connectivity index (χ3n) is 3.24. The zero-order valence-corrected chi connectivity index (χ0v) is 12.6. The van der Waals surface area contributed by atoms with Gasteiger partial charge in [-0.2, -0.15) is 11.3 Å². The fourth-order valence-electron chi connectivity index (χ4n) is 1.93. The number of nitrogens with zero attached hydrogens (tertiary/aromatic N) is 1. The van der Waals surface area contributed by atoms with Crippen molar-refractivity contribution in [1.82, 2.24) is 10.5 Å². The highest BCUT2D eigenvalue weighted by Gasteiger charge is 2.25. The molecule has 3 aromatic rings. The monoisotopic (exact) mass is 318 g/mol. The van der Waals surface area contributed by atoms with Gasteiger partial charge in [0.2, 0.25) is 5.76 Å². The number of furan rings is 1. The van der Waals surface area contributed by atoms with Gasteiger partial charge in [0.05, 0.1) is 12.8 Å². The number of aromatic nitrogens is 1. The first-order valence-corrected chi connectivity index (χ1v) is 7.54. The second-order valence-electron chi connectivity index (χ2n) is 5.02. The van der Waals surface area contributed by atoms with Crippen LogP contribution in [0.2, 0.25) is 0 Å². The van der Waals surface area contributed by atoms with Crippen molar-refractivity contribution in [3.05, 3.63) is 52.5 Å². The third-order valence-corrected chi connectivity index (χ3v) is 3.93. The number of hydrogen-bond donors (Lipinski definition) is 2. The highest BCUT2D eigenvalue weighted by atomic mass is 32.1. The summed E-state index contributed by atoms with van der Waals surface area (Å²) in [5, 5.41) is 20.4. The summed E-state index contributed by atoms with van der Waals surface area (Å²) in [5.74, 6) is 0.452. The average Bonchev–Trinajstić information content (AvgIpc) is 3.26. The van der Waals surface area contributed by atoms with Crippen LogP contribution in [0, 0.1) is 0 Å². The van der Waals surface area contributed by atoms with Crippen LogP contribution in [0.1, 0.15) is 23.0 Å². The largest absolute Gasteiger partial charge is 0.461 e. The van der Waals surface area contributed by atoms with Crippen molar-refractivity contribution in [2.45, 2.75) is 12.5 Å². The number of rotatable bonds is 5. The smallest absolute Gasteiger partial charge is 0.273 e. The molecule has 1 atom stereocenters. The Morgan fingerprint density at radius 3 is 3.00 bits per heavy atom. The van der Waals surface area contributed by atoms with E-state index in [1.807, 2.05) is 16.8 Å². The maximum absolute atomic E-state index is 12.1. The Bertz CT molecular complexity index is 744. The van der Waals surface area contributed by atoms with Crippen molar-refractivity contribution in [3.63, 3.8) is 0 Å². The maximum Gasteiger partial charge on any atom is 0.273 e. The van der Waals surface area contributed by atoms with E-state index in [4.69, 9.17) is 8.94 Å². The van der Waals surface area contributed by atoms with E-state index in [9.17, 15) is 9.90 Å². The van der Waals surface area contributed by atoms with Gasteiger partial charge in [0.15, 0.2) is 11.5 Å². The zero-order valence-electron chi connectivity index (χ0n) is 11.8. The molecular formula is C15H14N2O4S. The van der Waals surface area contributed by atoms with Crippen molar-refractivity contribution in [3.8, 4) is 11.5 Å². The third kappa shape index (κ3) is 2.95. The topological polar surface area (TPSA) is 88.5 Å². The van der Waals surface area contributed by atoms with Crippen LogP contribution in [0.3, 0.4) is 0 Å². The summed E-state index contributed by atoms with van der Waals surface area (Å²) in [4.78, 5) is 12.1. The quantitative estimate of drug-likeness (QED) is 0.755. The lowest BCUT2D eigenvalue weighted by molar-refractivity contribution is 0.0527. The predicted molar refractivity (Wildman–Crippen MR) is 80.4 cm³/mol. The Balaban J connectivity index is 1.65. The number of aliphatic hydroxyl groups is 1. The molecule has 0 aliphatic heterocycles. The minimum absolute atomic E-state index is 0.0749. The molecule has 1 amide bonds. The molecule has 0 radical (unpaired) electrons. The standard InChI is InChI=1S/C15H14N2O4S/c1-15(19,10-4-6-22-8-10)9-16-14(18)11-7-13(21-17-11)12-3-2-5-20-12/h2-8,19H,9H2,1H3,(H,16,18)/t15-/m1/s1. The highest BCUT2D eigenvalue weighted by Crippen LogP contribution is 2.23. The van der Waals surface area contributed by atoms with Crippen LogP contribution in [0.15, 0.2) is 50.2 Å². The Kier molecular flexibility index (Phi) is 3.82. The lowest BCUT2D eigenvalue weighted by atomic mass is 9.99. The molecule has 0 aliphatic carbocycles. The minimum Gasteiger partial charge on any atom is -0.461 e. The summed E-state index contributed by atoms with van der Waals surface area (Å²) in [7, 11) is 0. The Hall–Kier alpha value is -2.38. The normalized spacial score (nSPS) is 13.7. The SMILES string of the molecule is C[C@@](O)(CNC(=O)c1cc(-c2ccco2)on1)c1ccsc1. The van der Waals surface area contributed by atoms with Crippen LogP contribution in [-0.4, -0.2) is 22.7 Å². The number of amides is 1. The van der Waals surface area contributed by atoms with E-state index >= 15 is 0 Å². The van der Waals surface area contributed by atoms with Crippen LogP contribution in [-0.2, 0) is 5.60 Å². The molecule has 0 spiro atoms. The van der Waals surface area contributed by atoms with Gasteiger partial charge in [0.25, 0.3) is 5.91 Å². The maximum atomic E-state index is 12.1. The van der Waals surface area contributed by atoms with Gasteiger partial charge in [-0.25, -0.2) is 0 Å². The van der Waals surface area contributed by atoms with Gasteiger partial charge in [0.1, 0.15) is 5.60 Å². The number of thiophene rings is 1.